The van der Waals surface area contributed by atoms with Crippen molar-refractivity contribution in [3.05, 3.63) is 24.2 Å². The first-order chi connectivity index (χ1) is 4.93. The van der Waals surface area contributed by atoms with Gasteiger partial charge < -0.3 is 4.42 Å². The summed E-state index contributed by atoms with van der Waals surface area (Å²) in [5.41, 5.74) is 0.908. The van der Waals surface area contributed by atoms with E-state index in [1.165, 1.54) is 0 Å². The Kier molecular flexibility index (Phi) is 2.92. The lowest BCUT2D eigenvalue weighted by molar-refractivity contribution is 0.566. The van der Waals surface area contributed by atoms with Crippen LogP contribution in [0.15, 0.2) is 23.0 Å². The van der Waals surface area contributed by atoms with Gasteiger partial charge in [-0.05, 0) is 6.07 Å². The highest BCUT2D eigenvalue weighted by atomic mass is 35.5. The smallest absolute Gasteiger partial charge is 0.106 e. The number of alkyl halides is 1. The fourth-order valence-electron chi connectivity index (χ4n) is 0.547. The lowest BCUT2D eigenvalue weighted by Crippen LogP contribution is -1.67. The summed E-state index contributed by atoms with van der Waals surface area (Å²) in [6, 6.07) is 1.82. The second-order valence-electron chi connectivity index (χ2n) is 1.75. The van der Waals surface area contributed by atoms with E-state index in [9.17, 15) is 0 Å². The lowest BCUT2D eigenvalue weighted by Gasteiger charge is -1.75. The van der Waals surface area contributed by atoms with E-state index in [1.54, 1.807) is 12.5 Å². The van der Waals surface area contributed by atoms with Crippen LogP contribution in [0.2, 0.25) is 0 Å². The molecule has 1 aromatic heterocycles. The van der Waals surface area contributed by atoms with Crippen molar-refractivity contribution < 1.29 is 4.42 Å². The van der Waals surface area contributed by atoms with E-state index in [2.05, 4.69) is 11.8 Å². The molecule has 0 saturated carbocycles. The second-order valence-corrected chi connectivity index (χ2v) is 2.13. The van der Waals surface area contributed by atoms with E-state index >= 15 is 0 Å². The molecule has 1 rings (SSSR count). The van der Waals surface area contributed by atoms with Gasteiger partial charge in [0, 0.05) is 12.3 Å². The molecule has 0 fully saturated rings. The summed E-state index contributed by atoms with van der Waals surface area (Å²) in [7, 11) is 0. The monoisotopic (exact) mass is 154 g/mol. The van der Waals surface area contributed by atoms with Crippen LogP contribution in [-0.4, -0.2) is 5.88 Å². The van der Waals surface area contributed by atoms with Crippen LogP contribution in [-0.2, 0) is 0 Å². The zero-order valence-electron chi connectivity index (χ0n) is 5.43. The van der Waals surface area contributed by atoms with Crippen molar-refractivity contribution in [1.82, 2.24) is 0 Å². The number of rotatable bonds is 1. The van der Waals surface area contributed by atoms with Crippen LogP contribution in [0.1, 0.15) is 12.0 Å². The van der Waals surface area contributed by atoms with Crippen molar-refractivity contribution in [3.8, 4) is 11.8 Å². The molecule has 52 valence electrons. The second kappa shape index (κ2) is 4.03. The van der Waals surface area contributed by atoms with E-state index in [0.29, 0.717) is 5.88 Å². The maximum absolute atomic E-state index is 5.42. The quantitative estimate of drug-likeness (QED) is 0.447. The van der Waals surface area contributed by atoms with E-state index in [4.69, 9.17) is 16.0 Å². The fourth-order valence-corrected chi connectivity index (χ4v) is 0.642. The summed E-state index contributed by atoms with van der Waals surface area (Å²) >= 11 is 5.42. The number of hydrogen-bond acceptors (Lipinski definition) is 1. The Balaban J connectivity index is 2.49. The Morgan fingerprint density at radius 1 is 1.60 bits per heavy atom. The first-order valence-electron chi connectivity index (χ1n) is 3.00. The molecule has 0 radical (unpaired) electrons. The van der Waals surface area contributed by atoms with Gasteiger partial charge in [-0.1, -0.05) is 11.8 Å². The maximum Gasteiger partial charge on any atom is 0.106 e. The molecule has 0 aliphatic carbocycles. The molecule has 0 spiro atoms. The summed E-state index contributed by atoms with van der Waals surface area (Å²) < 4.78 is 4.81. The lowest BCUT2D eigenvalue weighted by atomic mass is 10.3. The molecule has 0 N–H and O–H groups in total. The van der Waals surface area contributed by atoms with Gasteiger partial charge in [-0.25, -0.2) is 0 Å². The molecule has 2 heteroatoms. The zero-order valence-corrected chi connectivity index (χ0v) is 6.19. The average Bonchev–Trinajstić information content (AvgIpc) is 2.41. The maximum atomic E-state index is 5.42. The molecule has 0 amide bonds. The van der Waals surface area contributed by atoms with Crippen LogP contribution in [0.3, 0.4) is 0 Å². The minimum absolute atomic E-state index is 0.588. The molecule has 0 bridgehead atoms. The predicted molar refractivity (Wildman–Crippen MR) is 40.9 cm³/mol. The van der Waals surface area contributed by atoms with Crippen LogP contribution >= 0.6 is 11.6 Å². The topological polar surface area (TPSA) is 13.1 Å². The highest BCUT2D eigenvalue weighted by Gasteiger charge is 1.83. The summed E-state index contributed by atoms with van der Waals surface area (Å²) in [6.45, 7) is 0. The van der Waals surface area contributed by atoms with Crippen LogP contribution in [0, 0.1) is 11.8 Å². The van der Waals surface area contributed by atoms with E-state index in [-0.39, 0.29) is 0 Å². The molecule has 0 unspecified atom stereocenters. The van der Waals surface area contributed by atoms with Gasteiger partial charge in [-0.15, -0.1) is 11.6 Å². The van der Waals surface area contributed by atoms with Crippen LogP contribution in [0.25, 0.3) is 0 Å². The predicted octanol–water partition coefficient (Wildman–Crippen LogP) is 2.26. The van der Waals surface area contributed by atoms with Gasteiger partial charge in [0.2, 0.25) is 0 Å². The number of hydrogen-bond donors (Lipinski definition) is 0. The van der Waals surface area contributed by atoms with Crippen LogP contribution in [0.4, 0.5) is 0 Å². The Labute approximate surface area is 65.0 Å². The third-order valence-electron chi connectivity index (χ3n) is 0.973. The van der Waals surface area contributed by atoms with Crippen molar-refractivity contribution in [2.45, 2.75) is 6.42 Å². The third kappa shape index (κ3) is 2.16. The third-order valence-corrected chi connectivity index (χ3v) is 1.16. The average molecular weight is 155 g/mol. The van der Waals surface area contributed by atoms with Gasteiger partial charge in [0.25, 0.3) is 0 Å². The standard InChI is InChI=1S/C8H7ClO/c9-5-2-1-3-8-4-6-10-7-8/h4,6-7H,2,5H2. The van der Waals surface area contributed by atoms with E-state index < -0.39 is 0 Å². The summed E-state index contributed by atoms with van der Waals surface area (Å²) in [6.07, 6.45) is 3.94. The largest absolute Gasteiger partial charge is 0.471 e. The highest BCUT2D eigenvalue weighted by Crippen LogP contribution is 1.96. The first-order valence-corrected chi connectivity index (χ1v) is 3.54. The van der Waals surface area contributed by atoms with Gasteiger partial charge in [-0.2, -0.15) is 0 Å². The summed E-state index contributed by atoms with van der Waals surface area (Å²) in [5, 5.41) is 0. The first kappa shape index (κ1) is 7.24. The molecule has 0 aliphatic heterocycles. The number of furan rings is 1. The fraction of sp³-hybridized carbons (Fsp3) is 0.250. The molecular weight excluding hydrogens is 148 g/mol. The van der Waals surface area contributed by atoms with Crippen molar-refractivity contribution in [2.75, 3.05) is 5.88 Å². The van der Waals surface area contributed by atoms with Crippen LogP contribution < -0.4 is 0 Å². The minimum atomic E-state index is 0.588. The van der Waals surface area contributed by atoms with Gasteiger partial charge in [-0.3, -0.25) is 0 Å². The van der Waals surface area contributed by atoms with Crippen molar-refractivity contribution >= 4 is 11.6 Å². The molecule has 1 heterocycles. The van der Waals surface area contributed by atoms with Crippen molar-refractivity contribution in [2.24, 2.45) is 0 Å². The Morgan fingerprint density at radius 2 is 2.50 bits per heavy atom. The zero-order chi connectivity index (χ0) is 7.23. The van der Waals surface area contributed by atoms with Crippen molar-refractivity contribution in [3.63, 3.8) is 0 Å². The highest BCUT2D eigenvalue weighted by molar-refractivity contribution is 6.18. The van der Waals surface area contributed by atoms with Gasteiger partial charge in [0.05, 0.1) is 11.8 Å². The van der Waals surface area contributed by atoms with Crippen LogP contribution in [0.5, 0.6) is 0 Å². The van der Waals surface area contributed by atoms with E-state index in [0.717, 1.165) is 12.0 Å². The molecular formula is C8H7ClO. The van der Waals surface area contributed by atoms with E-state index in [1.807, 2.05) is 6.07 Å². The molecule has 0 saturated heterocycles. The summed E-state index contributed by atoms with van der Waals surface area (Å²) in [5.74, 6) is 6.38. The Hall–Kier alpha value is -0.870. The molecule has 0 aliphatic rings. The molecule has 1 aromatic rings. The molecule has 1 nitrogen and oxygen atoms in total. The molecule has 10 heavy (non-hydrogen) atoms. The van der Waals surface area contributed by atoms with Gasteiger partial charge in [0.15, 0.2) is 0 Å². The molecule has 0 atom stereocenters. The minimum Gasteiger partial charge on any atom is -0.471 e. The molecule has 0 aromatic carbocycles. The Morgan fingerprint density at radius 3 is 3.10 bits per heavy atom. The normalized spacial score (nSPS) is 8.50. The van der Waals surface area contributed by atoms with Crippen molar-refractivity contribution in [1.29, 1.82) is 0 Å². The van der Waals surface area contributed by atoms with Gasteiger partial charge >= 0.3 is 0 Å². The van der Waals surface area contributed by atoms with Gasteiger partial charge in [0.1, 0.15) is 6.26 Å². The summed E-state index contributed by atoms with van der Waals surface area (Å²) in [4.78, 5) is 0. The number of halogens is 1. The SMILES string of the molecule is ClCCC#Cc1ccoc1. The Bertz CT molecular complexity index is 228.